The molecule has 7 heteroatoms. The summed E-state index contributed by atoms with van der Waals surface area (Å²) in [6.07, 6.45) is 2.98. The first-order valence-corrected chi connectivity index (χ1v) is 9.00. The predicted molar refractivity (Wildman–Crippen MR) is 114 cm³/mol. The summed E-state index contributed by atoms with van der Waals surface area (Å²) in [6.45, 7) is -0.250. The Morgan fingerprint density at radius 2 is 1.47 bits per heavy atom. The average molecular weight is 404 g/mol. The van der Waals surface area contributed by atoms with Gasteiger partial charge in [-0.25, -0.2) is 9.59 Å². The normalized spacial score (nSPS) is 10.5. The Bertz CT molecular complexity index is 1030. The third-order valence-electron chi connectivity index (χ3n) is 3.89. The van der Waals surface area contributed by atoms with Gasteiger partial charge in [-0.2, -0.15) is 0 Å². The Labute approximate surface area is 173 Å². The van der Waals surface area contributed by atoms with Crippen molar-refractivity contribution in [1.29, 1.82) is 0 Å². The molecule has 0 unspecified atom stereocenters. The molecule has 0 bridgehead atoms. The van der Waals surface area contributed by atoms with Crippen LogP contribution in [0.25, 0.3) is 6.08 Å². The van der Waals surface area contributed by atoms with Gasteiger partial charge in [0, 0.05) is 17.5 Å². The molecule has 3 aromatic carbocycles. The first-order valence-electron chi connectivity index (χ1n) is 9.00. The Balaban J connectivity index is 1.47. The van der Waals surface area contributed by atoms with Crippen LogP contribution in [0, 0.1) is 0 Å². The van der Waals surface area contributed by atoms with E-state index in [4.69, 9.17) is 25.7 Å². The maximum absolute atomic E-state index is 12.2. The van der Waals surface area contributed by atoms with Crippen LogP contribution in [0.2, 0.25) is 0 Å². The highest BCUT2D eigenvalue weighted by Crippen LogP contribution is 2.20. The van der Waals surface area contributed by atoms with E-state index in [1.54, 1.807) is 36.4 Å². The molecule has 0 aliphatic heterocycles. The van der Waals surface area contributed by atoms with Gasteiger partial charge in [-0.05, 0) is 54.1 Å². The number of carbonyl (C=O) groups excluding carboxylic acids is 2. The molecule has 0 spiro atoms. The summed E-state index contributed by atoms with van der Waals surface area (Å²) in [5, 5.41) is 0. The summed E-state index contributed by atoms with van der Waals surface area (Å²) in [4.78, 5) is 23.9. The maximum atomic E-state index is 12.2. The molecular weight excluding hydrogens is 384 g/mol. The molecule has 0 fully saturated rings. The van der Waals surface area contributed by atoms with E-state index in [1.807, 2.05) is 30.3 Å². The second kappa shape index (κ2) is 9.79. The Kier molecular flexibility index (Phi) is 6.68. The van der Waals surface area contributed by atoms with Crippen molar-refractivity contribution >= 4 is 29.4 Å². The monoisotopic (exact) mass is 404 g/mol. The van der Waals surface area contributed by atoms with Crippen LogP contribution in [0.3, 0.4) is 0 Å². The van der Waals surface area contributed by atoms with Gasteiger partial charge in [-0.3, -0.25) is 0 Å². The van der Waals surface area contributed by atoms with Crippen molar-refractivity contribution in [2.75, 3.05) is 18.3 Å². The van der Waals surface area contributed by atoms with Crippen LogP contribution in [0.15, 0.2) is 78.9 Å². The molecule has 0 aliphatic carbocycles. The molecular formula is C23H20N2O5. The number of anilines is 2. The lowest BCUT2D eigenvalue weighted by Gasteiger charge is -2.08. The fourth-order valence-corrected chi connectivity index (χ4v) is 2.50. The Hall–Kier alpha value is -4.26. The zero-order valence-corrected chi connectivity index (χ0v) is 16.0. The minimum absolute atomic E-state index is 0.250. The fraction of sp³-hybridized carbons (Fsp3) is 0.0435. The number of benzene rings is 3. The van der Waals surface area contributed by atoms with Gasteiger partial charge in [0.05, 0.1) is 5.56 Å². The lowest BCUT2D eigenvalue weighted by Crippen LogP contribution is -2.10. The van der Waals surface area contributed by atoms with E-state index in [9.17, 15) is 9.59 Å². The van der Waals surface area contributed by atoms with Crippen LogP contribution in [-0.2, 0) is 9.53 Å². The molecule has 152 valence electrons. The molecule has 0 aromatic heterocycles. The van der Waals surface area contributed by atoms with E-state index in [2.05, 4.69) is 0 Å². The Morgan fingerprint density at radius 3 is 2.13 bits per heavy atom. The third kappa shape index (κ3) is 6.13. The number of esters is 2. The summed E-state index contributed by atoms with van der Waals surface area (Å²) >= 11 is 0. The molecule has 30 heavy (non-hydrogen) atoms. The number of nitrogens with two attached hydrogens (primary N) is 2. The van der Waals surface area contributed by atoms with Crippen molar-refractivity contribution in [2.45, 2.75) is 0 Å². The van der Waals surface area contributed by atoms with Gasteiger partial charge in [0.2, 0.25) is 6.79 Å². The molecule has 0 atom stereocenters. The van der Waals surface area contributed by atoms with Crippen LogP contribution >= 0.6 is 0 Å². The van der Waals surface area contributed by atoms with Crippen LogP contribution < -0.4 is 20.9 Å². The van der Waals surface area contributed by atoms with Crippen LogP contribution in [0.1, 0.15) is 15.9 Å². The first kappa shape index (κ1) is 20.5. The summed E-state index contributed by atoms with van der Waals surface area (Å²) in [6, 6.07) is 20.2. The highest BCUT2D eigenvalue weighted by molar-refractivity contribution is 5.93. The maximum Gasteiger partial charge on any atom is 0.343 e. The molecule has 0 radical (unpaired) electrons. The number of nitrogen functional groups attached to an aromatic ring is 2. The highest BCUT2D eigenvalue weighted by Gasteiger charge is 2.10. The first-order chi connectivity index (χ1) is 14.5. The lowest BCUT2D eigenvalue weighted by atomic mass is 10.2. The van der Waals surface area contributed by atoms with Crippen molar-refractivity contribution in [1.82, 2.24) is 0 Å². The van der Waals surface area contributed by atoms with Crippen molar-refractivity contribution in [3.05, 3.63) is 90.0 Å². The zero-order valence-electron chi connectivity index (χ0n) is 16.0. The molecule has 7 nitrogen and oxygen atoms in total. The molecule has 3 aromatic rings. The van der Waals surface area contributed by atoms with E-state index in [-0.39, 0.29) is 12.4 Å². The van der Waals surface area contributed by atoms with Crippen LogP contribution in [-0.4, -0.2) is 18.7 Å². The quantitative estimate of drug-likeness (QED) is 0.203. The second-order valence-corrected chi connectivity index (χ2v) is 6.22. The summed E-state index contributed by atoms with van der Waals surface area (Å²) in [5.74, 6) is -0.341. The molecule has 0 saturated carbocycles. The highest BCUT2D eigenvalue weighted by atomic mass is 16.7. The van der Waals surface area contributed by atoms with Crippen molar-refractivity contribution in [3.8, 4) is 11.5 Å². The molecule has 0 heterocycles. The van der Waals surface area contributed by atoms with E-state index in [1.165, 1.54) is 18.2 Å². The van der Waals surface area contributed by atoms with Gasteiger partial charge in [-0.15, -0.1) is 0 Å². The molecule has 0 saturated heterocycles. The molecule has 4 N–H and O–H groups in total. The van der Waals surface area contributed by atoms with Gasteiger partial charge < -0.3 is 25.7 Å². The van der Waals surface area contributed by atoms with Crippen molar-refractivity contribution in [3.63, 3.8) is 0 Å². The van der Waals surface area contributed by atoms with Crippen LogP contribution in [0.4, 0.5) is 11.4 Å². The second-order valence-electron chi connectivity index (χ2n) is 6.22. The third-order valence-corrected chi connectivity index (χ3v) is 3.89. The smallest absolute Gasteiger partial charge is 0.343 e. The molecule has 3 rings (SSSR count). The summed E-state index contributed by atoms with van der Waals surface area (Å²) in [7, 11) is 0. The van der Waals surface area contributed by atoms with Crippen LogP contribution in [0.5, 0.6) is 11.5 Å². The molecule has 0 aliphatic rings. The number of ether oxygens (including phenoxy) is 3. The van der Waals surface area contributed by atoms with Gasteiger partial charge in [0.15, 0.2) is 0 Å². The summed E-state index contributed by atoms with van der Waals surface area (Å²) in [5.41, 5.74) is 13.3. The van der Waals surface area contributed by atoms with E-state index in [0.717, 1.165) is 5.56 Å². The minimum Gasteiger partial charge on any atom is -0.457 e. The van der Waals surface area contributed by atoms with Gasteiger partial charge in [-0.1, -0.05) is 30.3 Å². The Morgan fingerprint density at radius 1 is 0.833 bits per heavy atom. The summed E-state index contributed by atoms with van der Waals surface area (Å²) < 4.78 is 15.6. The van der Waals surface area contributed by atoms with Gasteiger partial charge >= 0.3 is 11.9 Å². The predicted octanol–water partition coefficient (Wildman–Crippen LogP) is 3.66. The number of rotatable bonds is 7. The van der Waals surface area contributed by atoms with Crippen molar-refractivity contribution in [2.24, 2.45) is 0 Å². The fourth-order valence-electron chi connectivity index (χ4n) is 2.50. The SMILES string of the molecule is Nc1cc(N)cc(C(=O)Oc2ccc(OCOC(=O)/C=C\c3ccccc3)cc2)c1. The van der Waals surface area contributed by atoms with Crippen molar-refractivity contribution < 1.29 is 23.8 Å². The number of hydrogen-bond donors (Lipinski definition) is 2. The lowest BCUT2D eigenvalue weighted by molar-refractivity contribution is -0.144. The minimum atomic E-state index is -0.582. The zero-order chi connectivity index (χ0) is 21.3. The largest absolute Gasteiger partial charge is 0.457 e. The van der Waals surface area contributed by atoms with Gasteiger partial charge in [0.25, 0.3) is 0 Å². The van der Waals surface area contributed by atoms with E-state index in [0.29, 0.717) is 22.9 Å². The van der Waals surface area contributed by atoms with E-state index >= 15 is 0 Å². The average Bonchev–Trinajstić information content (AvgIpc) is 2.73. The number of carbonyl (C=O) groups is 2. The van der Waals surface area contributed by atoms with Gasteiger partial charge in [0.1, 0.15) is 11.5 Å². The molecule has 0 amide bonds. The number of hydrogen-bond acceptors (Lipinski definition) is 7. The topological polar surface area (TPSA) is 114 Å². The standard InChI is InChI=1S/C23H20N2O5/c24-18-12-17(13-19(25)14-18)23(27)30-21-9-7-20(8-10-21)28-15-29-22(26)11-6-16-4-2-1-3-5-16/h1-14H,15,24-25H2/b11-6-. The van der Waals surface area contributed by atoms with E-state index < -0.39 is 11.9 Å².